The number of carbonyl (C=O) groups excluding carboxylic acids is 2. The van der Waals surface area contributed by atoms with Gasteiger partial charge in [-0.05, 0) is 26.2 Å². The van der Waals surface area contributed by atoms with Crippen LogP contribution in [0.15, 0.2) is 5.38 Å². The van der Waals surface area contributed by atoms with Crippen LogP contribution in [0.3, 0.4) is 0 Å². The van der Waals surface area contributed by atoms with Crippen LogP contribution in [0.4, 0.5) is 0 Å². The van der Waals surface area contributed by atoms with E-state index in [2.05, 4.69) is 10.3 Å². The van der Waals surface area contributed by atoms with Crippen LogP contribution in [0.5, 0.6) is 0 Å². The van der Waals surface area contributed by atoms with Crippen LogP contribution < -0.4 is 5.32 Å². The number of rotatable bonds is 5. The quantitative estimate of drug-likeness (QED) is 0.670. The van der Waals surface area contributed by atoms with E-state index in [1.165, 1.54) is 11.3 Å². The fourth-order valence-electron chi connectivity index (χ4n) is 2.01. The number of aryl methyl sites for hydroxylation is 1. The fraction of sp³-hybridized carbons (Fsp3) is 0.667. The van der Waals surface area contributed by atoms with Crippen molar-refractivity contribution < 1.29 is 14.3 Å². The number of hydrogen-bond acceptors (Lipinski definition) is 5. The zero-order chi connectivity index (χ0) is 16.2. The molecule has 1 amide bonds. The van der Waals surface area contributed by atoms with Gasteiger partial charge in [0, 0.05) is 11.1 Å². The van der Waals surface area contributed by atoms with E-state index in [0.717, 1.165) is 10.7 Å². The van der Waals surface area contributed by atoms with Gasteiger partial charge in [0.25, 0.3) is 0 Å². The van der Waals surface area contributed by atoms with Crippen molar-refractivity contribution in [2.45, 2.75) is 47.6 Å². The Hall–Kier alpha value is -1.43. The Labute approximate surface area is 130 Å². The van der Waals surface area contributed by atoms with E-state index in [1.54, 1.807) is 6.92 Å². The van der Waals surface area contributed by atoms with E-state index >= 15 is 0 Å². The van der Waals surface area contributed by atoms with Gasteiger partial charge in [-0.3, -0.25) is 9.59 Å². The van der Waals surface area contributed by atoms with Crippen molar-refractivity contribution in [3.63, 3.8) is 0 Å². The highest BCUT2D eigenvalue weighted by molar-refractivity contribution is 7.09. The summed E-state index contributed by atoms with van der Waals surface area (Å²) in [6.07, 6.45) is 0. The molecule has 0 aliphatic rings. The van der Waals surface area contributed by atoms with E-state index in [-0.39, 0.29) is 18.6 Å². The summed E-state index contributed by atoms with van der Waals surface area (Å²) in [5, 5.41) is 5.63. The van der Waals surface area contributed by atoms with E-state index < -0.39 is 17.3 Å². The molecule has 0 aliphatic carbocycles. The van der Waals surface area contributed by atoms with Crippen LogP contribution in [-0.4, -0.2) is 23.5 Å². The molecule has 1 rings (SSSR count). The van der Waals surface area contributed by atoms with Crippen LogP contribution >= 0.6 is 11.3 Å². The first-order valence-electron chi connectivity index (χ1n) is 7.05. The number of nitrogens with one attached hydrogen (secondary N) is 1. The van der Waals surface area contributed by atoms with Crippen LogP contribution in [0.25, 0.3) is 0 Å². The molecular formula is C15H24N2O3S. The zero-order valence-electron chi connectivity index (χ0n) is 13.5. The third-order valence-electron chi connectivity index (χ3n) is 3.02. The average molecular weight is 312 g/mol. The van der Waals surface area contributed by atoms with Crippen LogP contribution in [0, 0.1) is 18.3 Å². The van der Waals surface area contributed by atoms with Crippen LogP contribution in [0.2, 0.25) is 0 Å². The number of aromatic nitrogens is 1. The highest BCUT2D eigenvalue weighted by atomic mass is 32.1. The standard InChI is InChI=1S/C15H24N2O3S/c1-7-20-14(19)11(15(4,5)6)12(18)17-10(3)13-16-9(2)8-21-13/h8,10-11H,7H2,1-6H3,(H,17,18). The third kappa shape index (κ3) is 4.81. The molecule has 1 aromatic heterocycles. The molecule has 1 aromatic rings. The second-order valence-electron chi connectivity index (χ2n) is 6.11. The minimum atomic E-state index is -0.832. The van der Waals surface area contributed by atoms with E-state index in [9.17, 15) is 9.59 Å². The number of hydrogen-bond donors (Lipinski definition) is 1. The van der Waals surface area contributed by atoms with Gasteiger partial charge in [-0.15, -0.1) is 11.3 Å². The Kier molecular flexibility index (Phi) is 5.89. The van der Waals surface area contributed by atoms with Gasteiger partial charge < -0.3 is 10.1 Å². The van der Waals surface area contributed by atoms with Crippen molar-refractivity contribution >= 4 is 23.2 Å². The zero-order valence-corrected chi connectivity index (χ0v) is 14.3. The van der Waals surface area contributed by atoms with Gasteiger partial charge in [0.1, 0.15) is 10.9 Å². The molecule has 2 unspecified atom stereocenters. The molecule has 1 heterocycles. The van der Waals surface area contributed by atoms with Crippen molar-refractivity contribution in [1.29, 1.82) is 0 Å². The molecule has 0 saturated carbocycles. The lowest BCUT2D eigenvalue weighted by molar-refractivity contribution is -0.156. The molecule has 5 nitrogen and oxygen atoms in total. The molecular weight excluding hydrogens is 288 g/mol. The summed E-state index contributed by atoms with van der Waals surface area (Å²) in [7, 11) is 0. The molecule has 0 saturated heterocycles. The van der Waals surface area contributed by atoms with Crippen LogP contribution in [0.1, 0.15) is 51.4 Å². The minimum Gasteiger partial charge on any atom is -0.465 e. The van der Waals surface area contributed by atoms with Crippen LogP contribution in [-0.2, 0) is 14.3 Å². The Morgan fingerprint density at radius 1 is 1.43 bits per heavy atom. The lowest BCUT2D eigenvalue weighted by atomic mass is 9.80. The average Bonchev–Trinajstić information content (AvgIpc) is 2.74. The molecule has 118 valence electrons. The molecule has 0 fully saturated rings. The molecule has 0 aliphatic heterocycles. The molecule has 2 atom stereocenters. The largest absolute Gasteiger partial charge is 0.465 e. The maximum absolute atomic E-state index is 12.5. The molecule has 0 aromatic carbocycles. The predicted molar refractivity (Wildman–Crippen MR) is 83.0 cm³/mol. The SMILES string of the molecule is CCOC(=O)C(C(=O)NC(C)c1nc(C)cs1)C(C)(C)C. The Balaban J connectivity index is 2.84. The summed E-state index contributed by atoms with van der Waals surface area (Å²) in [6, 6.07) is -0.226. The van der Waals surface area contributed by atoms with Gasteiger partial charge in [-0.2, -0.15) is 0 Å². The first-order valence-corrected chi connectivity index (χ1v) is 7.93. The topological polar surface area (TPSA) is 68.3 Å². The lowest BCUT2D eigenvalue weighted by Crippen LogP contribution is -2.44. The van der Waals surface area contributed by atoms with Gasteiger partial charge in [0.15, 0.2) is 0 Å². The second kappa shape index (κ2) is 7.02. The number of esters is 1. The van der Waals surface area contributed by atoms with E-state index in [0.29, 0.717) is 0 Å². The van der Waals surface area contributed by atoms with E-state index in [4.69, 9.17) is 4.74 Å². The minimum absolute atomic E-state index is 0.226. The lowest BCUT2D eigenvalue weighted by Gasteiger charge is -2.28. The summed E-state index contributed by atoms with van der Waals surface area (Å²) in [5.41, 5.74) is 0.420. The van der Waals surface area contributed by atoms with Crippen molar-refractivity contribution in [2.24, 2.45) is 11.3 Å². The highest BCUT2D eigenvalue weighted by Crippen LogP contribution is 2.28. The first-order chi connectivity index (χ1) is 9.66. The summed E-state index contributed by atoms with van der Waals surface area (Å²) < 4.78 is 5.03. The van der Waals surface area contributed by atoms with Gasteiger partial charge in [-0.1, -0.05) is 20.8 Å². The van der Waals surface area contributed by atoms with Gasteiger partial charge >= 0.3 is 5.97 Å². The van der Waals surface area contributed by atoms with Gasteiger partial charge in [0.05, 0.1) is 12.6 Å². The van der Waals surface area contributed by atoms with Gasteiger partial charge in [-0.25, -0.2) is 4.98 Å². The predicted octanol–water partition coefficient (Wildman–Crippen LogP) is 2.85. The summed E-state index contributed by atoms with van der Waals surface area (Å²) in [4.78, 5) is 28.9. The maximum Gasteiger partial charge on any atom is 0.319 e. The van der Waals surface area contributed by atoms with Crippen molar-refractivity contribution in [3.8, 4) is 0 Å². The molecule has 0 spiro atoms. The summed E-state index contributed by atoms with van der Waals surface area (Å²) in [6.45, 7) is 11.3. The first kappa shape index (κ1) is 17.6. The van der Waals surface area contributed by atoms with Gasteiger partial charge in [0.2, 0.25) is 5.91 Å². The molecule has 6 heteroatoms. The number of ether oxygens (including phenoxy) is 1. The number of thiazole rings is 1. The number of carbonyl (C=O) groups is 2. The number of amides is 1. The van der Waals surface area contributed by atoms with E-state index in [1.807, 2.05) is 40.0 Å². The number of nitrogens with zero attached hydrogens (tertiary/aromatic N) is 1. The second-order valence-corrected chi connectivity index (χ2v) is 7.00. The molecule has 21 heavy (non-hydrogen) atoms. The Morgan fingerprint density at radius 2 is 2.05 bits per heavy atom. The normalized spacial score (nSPS) is 14.4. The maximum atomic E-state index is 12.5. The fourth-order valence-corrected chi connectivity index (χ4v) is 2.81. The smallest absolute Gasteiger partial charge is 0.319 e. The monoisotopic (exact) mass is 312 g/mol. The molecule has 0 radical (unpaired) electrons. The Morgan fingerprint density at radius 3 is 2.48 bits per heavy atom. The molecule has 1 N–H and O–H groups in total. The Bertz CT molecular complexity index is 505. The van der Waals surface area contributed by atoms with Crippen molar-refractivity contribution in [1.82, 2.24) is 10.3 Å². The molecule has 0 bridgehead atoms. The summed E-state index contributed by atoms with van der Waals surface area (Å²) >= 11 is 1.50. The summed E-state index contributed by atoms with van der Waals surface area (Å²) in [5.74, 6) is -1.63. The van der Waals surface area contributed by atoms with Crippen molar-refractivity contribution in [2.75, 3.05) is 6.61 Å². The highest BCUT2D eigenvalue weighted by Gasteiger charge is 2.39. The van der Waals surface area contributed by atoms with Crippen molar-refractivity contribution in [3.05, 3.63) is 16.1 Å². The third-order valence-corrected chi connectivity index (χ3v) is 4.16.